The highest BCUT2D eigenvalue weighted by molar-refractivity contribution is 7.99. The molecule has 1 aliphatic rings. The molecule has 1 saturated heterocycles. The molecule has 0 aliphatic carbocycles. The van der Waals surface area contributed by atoms with Crippen LogP contribution in [-0.2, 0) is 4.74 Å². The van der Waals surface area contributed by atoms with Crippen molar-refractivity contribution in [1.82, 2.24) is 0 Å². The molecule has 11 heavy (non-hydrogen) atoms. The van der Waals surface area contributed by atoms with E-state index in [4.69, 9.17) is 9.84 Å². The van der Waals surface area contributed by atoms with Crippen LogP contribution in [0.25, 0.3) is 0 Å². The van der Waals surface area contributed by atoms with E-state index >= 15 is 0 Å². The number of hydrogen-bond donors (Lipinski definition) is 2. The molecule has 0 spiro atoms. The summed E-state index contributed by atoms with van der Waals surface area (Å²) < 4.78 is 5.13. The van der Waals surface area contributed by atoms with Crippen LogP contribution in [-0.4, -0.2) is 40.2 Å². The lowest BCUT2D eigenvalue weighted by atomic mass is 10.1. The molecular formula is C7H14O3S. The standard InChI is InChI=1S/C7H14O3S/c1-4-7(11-2)5(8)3-6(9)10-4/h4-9H,3H2,1-2H3/t4-,5+,6+,7-/m0/s1. The smallest absolute Gasteiger partial charge is 0.157 e. The Hall–Kier alpha value is 0.230. The Bertz CT molecular complexity index is 119. The lowest BCUT2D eigenvalue weighted by Crippen LogP contribution is -2.44. The molecule has 0 aromatic rings. The predicted molar refractivity (Wildman–Crippen MR) is 44.5 cm³/mol. The molecule has 0 amide bonds. The van der Waals surface area contributed by atoms with Gasteiger partial charge in [0.25, 0.3) is 0 Å². The van der Waals surface area contributed by atoms with Crippen molar-refractivity contribution in [2.75, 3.05) is 6.26 Å². The fraction of sp³-hybridized carbons (Fsp3) is 1.00. The molecule has 0 bridgehead atoms. The Morgan fingerprint density at radius 1 is 1.45 bits per heavy atom. The van der Waals surface area contributed by atoms with Crippen LogP contribution in [0.1, 0.15) is 13.3 Å². The van der Waals surface area contributed by atoms with Crippen molar-refractivity contribution in [3.63, 3.8) is 0 Å². The van der Waals surface area contributed by atoms with E-state index in [0.29, 0.717) is 6.42 Å². The zero-order valence-electron chi connectivity index (χ0n) is 6.73. The molecule has 2 N–H and O–H groups in total. The summed E-state index contributed by atoms with van der Waals surface area (Å²) >= 11 is 1.58. The van der Waals surface area contributed by atoms with E-state index < -0.39 is 12.4 Å². The lowest BCUT2D eigenvalue weighted by Gasteiger charge is -2.35. The van der Waals surface area contributed by atoms with Gasteiger partial charge in [-0.1, -0.05) is 0 Å². The molecule has 4 heteroatoms. The molecule has 0 saturated carbocycles. The van der Waals surface area contributed by atoms with Crippen LogP contribution in [0.3, 0.4) is 0 Å². The molecule has 0 radical (unpaired) electrons. The first-order valence-corrected chi connectivity index (χ1v) is 4.98. The van der Waals surface area contributed by atoms with Crippen molar-refractivity contribution in [2.24, 2.45) is 0 Å². The maximum Gasteiger partial charge on any atom is 0.157 e. The van der Waals surface area contributed by atoms with E-state index in [0.717, 1.165) is 0 Å². The van der Waals surface area contributed by atoms with E-state index in [1.54, 1.807) is 11.8 Å². The monoisotopic (exact) mass is 178 g/mol. The van der Waals surface area contributed by atoms with Gasteiger partial charge in [0.1, 0.15) is 0 Å². The minimum absolute atomic E-state index is 0.0660. The maximum atomic E-state index is 9.45. The Morgan fingerprint density at radius 2 is 2.09 bits per heavy atom. The first-order chi connectivity index (χ1) is 5.15. The first-order valence-electron chi connectivity index (χ1n) is 3.69. The van der Waals surface area contributed by atoms with Crippen molar-refractivity contribution in [2.45, 2.75) is 37.1 Å². The van der Waals surface area contributed by atoms with E-state index in [-0.39, 0.29) is 11.4 Å². The summed E-state index contributed by atoms with van der Waals surface area (Å²) in [6, 6.07) is 0. The molecule has 0 unspecified atom stereocenters. The van der Waals surface area contributed by atoms with Gasteiger partial charge in [0.2, 0.25) is 0 Å². The normalized spacial score (nSPS) is 45.8. The number of hydrogen-bond acceptors (Lipinski definition) is 4. The zero-order valence-corrected chi connectivity index (χ0v) is 7.54. The highest BCUT2D eigenvalue weighted by atomic mass is 32.2. The third-order valence-electron chi connectivity index (χ3n) is 1.93. The van der Waals surface area contributed by atoms with Crippen LogP contribution in [0.5, 0.6) is 0 Å². The maximum absolute atomic E-state index is 9.45. The SMILES string of the molecule is CS[C@@H]1[C@H](O)C[C@H](O)O[C@H]1C. The molecule has 1 fully saturated rings. The highest BCUT2D eigenvalue weighted by Crippen LogP contribution is 2.26. The topological polar surface area (TPSA) is 49.7 Å². The van der Waals surface area contributed by atoms with Crippen LogP contribution in [0.4, 0.5) is 0 Å². The van der Waals surface area contributed by atoms with Gasteiger partial charge in [0.15, 0.2) is 6.29 Å². The molecule has 0 aromatic carbocycles. The second-order valence-corrected chi connectivity index (χ2v) is 3.81. The van der Waals surface area contributed by atoms with E-state index in [9.17, 15) is 5.11 Å². The molecule has 1 aliphatic heterocycles. The van der Waals surface area contributed by atoms with Gasteiger partial charge in [0.05, 0.1) is 17.5 Å². The average Bonchev–Trinajstić information content (AvgIpc) is 1.85. The fourth-order valence-corrected chi connectivity index (χ4v) is 2.26. The third-order valence-corrected chi connectivity index (χ3v) is 3.17. The van der Waals surface area contributed by atoms with Crippen LogP contribution >= 0.6 is 11.8 Å². The summed E-state index contributed by atoms with van der Waals surface area (Å²) in [5.41, 5.74) is 0. The highest BCUT2D eigenvalue weighted by Gasteiger charge is 2.33. The molecular weight excluding hydrogens is 164 g/mol. The number of ether oxygens (including phenoxy) is 1. The minimum Gasteiger partial charge on any atom is -0.392 e. The second kappa shape index (κ2) is 3.76. The van der Waals surface area contributed by atoms with Gasteiger partial charge >= 0.3 is 0 Å². The Kier molecular flexibility index (Phi) is 3.18. The number of aliphatic hydroxyl groups is 2. The molecule has 66 valence electrons. The van der Waals surface area contributed by atoms with Gasteiger partial charge in [-0.15, -0.1) is 0 Å². The van der Waals surface area contributed by atoms with Crippen molar-refractivity contribution in [1.29, 1.82) is 0 Å². The van der Waals surface area contributed by atoms with Gasteiger partial charge in [-0.05, 0) is 13.2 Å². The summed E-state index contributed by atoms with van der Waals surface area (Å²) in [5.74, 6) is 0. The zero-order chi connectivity index (χ0) is 8.43. The number of rotatable bonds is 1. The van der Waals surface area contributed by atoms with Crippen LogP contribution in [0.15, 0.2) is 0 Å². The summed E-state index contributed by atoms with van der Waals surface area (Å²) in [6.45, 7) is 1.87. The quantitative estimate of drug-likeness (QED) is 0.602. The van der Waals surface area contributed by atoms with Gasteiger partial charge in [-0.2, -0.15) is 11.8 Å². The van der Waals surface area contributed by atoms with Crippen LogP contribution in [0, 0.1) is 0 Å². The minimum atomic E-state index is -0.789. The summed E-state index contributed by atoms with van der Waals surface area (Å²) in [5, 5.41) is 18.6. The first kappa shape index (κ1) is 9.32. The molecule has 4 atom stereocenters. The molecule has 1 heterocycles. The van der Waals surface area contributed by atoms with Gasteiger partial charge in [-0.25, -0.2) is 0 Å². The van der Waals surface area contributed by atoms with Gasteiger partial charge in [-0.3, -0.25) is 0 Å². The number of thioether (sulfide) groups is 1. The molecule has 3 nitrogen and oxygen atoms in total. The van der Waals surface area contributed by atoms with Crippen molar-refractivity contribution >= 4 is 11.8 Å². The van der Waals surface area contributed by atoms with Gasteiger partial charge in [0, 0.05) is 6.42 Å². The third kappa shape index (κ3) is 2.08. The van der Waals surface area contributed by atoms with Crippen LogP contribution in [0.2, 0.25) is 0 Å². The number of aliphatic hydroxyl groups excluding tert-OH is 2. The Morgan fingerprint density at radius 3 is 2.55 bits per heavy atom. The fourth-order valence-electron chi connectivity index (χ4n) is 1.38. The second-order valence-electron chi connectivity index (χ2n) is 2.80. The van der Waals surface area contributed by atoms with E-state index in [1.807, 2.05) is 13.2 Å². The van der Waals surface area contributed by atoms with Crippen LogP contribution < -0.4 is 0 Å². The van der Waals surface area contributed by atoms with Crippen molar-refractivity contribution in [3.8, 4) is 0 Å². The predicted octanol–water partition coefficient (Wildman–Crippen LogP) is 0.206. The average molecular weight is 178 g/mol. The summed E-state index contributed by atoms with van der Waals surface area (Å²) in [4.78, 5) is 0. The largest absolute Gasteiger partial charge is 0.392 e. The van der Waals surface area contributed by atoms with E-state index in [1.165, 1.54) is 0 Å². The van der Waals surface area contributed by atoms with E-state index in [2.05, 4.69) is 0 Å². The van der Waals surface area contributed by atoms with Gasteiger partial charge < -0.3 is 14.9 Å². The molecule has 0 aromatic heterocycles. The summed E-state index contributed by atoms with van der Waals surface area (Å²) in [7, 11) is 0. The van der Waals surface area contributed by atoms with Crippen molar-refractivity contribution in [3.05, 3.63) is 0 Å². The Balaban J connectivity index is 2.52. The van der Waals surface area contributed by atoms with Crippen molar-refractivity contribution < 1.29 is 14.9 Å². The lowest BCUT2D eigenvalue weighted by molar-refractivity contribution is -0.179. The molecule has 1 rings (SSSR count). The Labute approximate surface area is 70.7 Å². The summed E-state index contributed by atoms with van der Waals surface area (Å²) in [6.07, 6.45) is 0.970.